The third kappa shape index (κ3) is 3.83. The molecule has 2 N–H and O–H groups in total. The number of para-hydroxylation sites is 1. The minimum atomic E-state index is -0.935. The van der Waals surface area contributed by atoms with Crippen LogP contribution in [0.4, 0.5) is 11.4 Å². The van der Waals surface area contributed by atoms with Gasteiger partial charge in [-0.05, 0) is 35.9 Å². The first kappa shape index (κ1) is 18.4. The molecule has 0 radical (unpaired) electrons. The molecular weight excluding hydrogens is 436 g/mol. The van der Waals surface area contributed by atoms with Crippen molar-refractivity contribution >= 4 is 44.6 Å². The van der Waals surface area contributed by atoms with Crippen LogP contribution in [0.15, 0.2) is 82.1 Å². The lowest BCUT2D eigenvalue weighted by atomic mass is 9.97. The maximum Gasteiger partial charge on any atom is 0.335 e. The van der Waals surface area contributed by atoms with E-state index in [1.54, 1.807) is 23.5 Å². The second-order valence-electron chi connectivity index (χ2n) is 6.12. The minimum absolute atomic E-state index is 0.265. The number of halogens is 1. The van der Waals surface area contributed by atoms with Crippen LogP contribution in [0.3, 0.4) is 0 Å². The molecule has 0 saturated heterocycles. The van der Waals surface area contributed by atoms with Crippen LogP contribution >= 0.6 is 27.3 Å². The van der Waals surface area contributed by atoms with Gasteiger partial charge >= 0.3 is 5.97 Å². The molecule has 0 unspecified atom stereocenters. The molecule has 0 saturated carbocycles. The molecule has 4 rings (SSSR count). The van der Waals surface area contributed by atoms with Crippen molar-refractivity contribution in [1.82, 2.24) is 4.98 Å². The summed E-state index contributed by atoms with van der Waals surface area (Å²) in [5.41, 5.74) is 7.73. The van der Waals surface area contributed by atoms with Crippen molar-refractivity contribution in [1.29, 1.82) is 0 Å². The van der Waals surface area contributed by atoms with Crippen LogP contribution in [0.25, 0.3) is 22.4 Å². The normalized spacial score (nSPS) is 10.6. The molecule has 4 aromatic rings. The average molecular weight is 451 g/mol. The lowest BCUT2D eigenvalue weighted by molar-refractivity contribution is 0.0697. The number of carboxylic acid groups (broad SMARTS) is 1. The van der Waals surface area contributed by atoms with Gasteiger partial charge in [0.15, 0.2) is 0 Å². The average Bonchev–Trinajstić information content (AvgIpc) is 3.23. The number of aromatic carboxylic acids is 1. The number of carboxylic acids is 1. The summed E-state index contributed by atoms with van der Waals surface area (Å²) >= 11 is 5.06. The number of nitrogens with zero attached hydrogens (tertiary/aromatic N) is 1. The number of thiazole rings is 1. The Morgan fingerprint density at radius 3 is 2.43 bits per heavy atom. The molecule has 0 spiro atoms. The quantitative estimate of drug-likeness (QED) is 0.355. The summed E-state index contributed by atoms with van der Waals surface area (Å²) in [5, 5.41) is 14.7. The molecule has 138 valence electrons. The SMILES string of the molecule is O=C(O)c1ccc(-c2cccc(-c3cscn3)c2Nc2cccc(Br)c2)cc1. The summed E-state index contributed by atoms with van der Waals surface area (Å²) < 4.78 is 0.982. The predicted octanol–water partition coefficient (Wildman–Crippen LogP) is 6.68. The summed E-state index contributed by atoms with van der Waals surface area (Å²) in [6, 6.07) is 20.9. The molecule has 6 heteroatoms. The van der Waals surface area contributed by atoms with E-state index in [9.17, 15) is 4.79 Å². The van der Waals surface area contributed by atoms with E-state index >= 15 is 0 Å². The van der Waals surface area contributed by atoms with E-state index < -0.39 is 5.97 Å². The maximum atomic E-state index is 11.2. The zero-order chi connectivity index (χ0) is 19.5. The van der Waals surface area contributed by atoms with Crippen LogP contribution < -0.4 is 5.32 Å². The van der Waals surface area contributed by atoms with Crippen LogP contribution in [0.1, 0.15) is 10.4 Å². The van der Waals surface area contributed by atoms with E-state index in [0.29, 0.717) is 0 Å². The zero-order valence-electron chi connectivity index (χ0n) is 14.6. The monoisotopic (exact) mass is 450 g/mol. The number of aromatic nitrogens is 1. The second-order valence-corrected chi connectivity index (χ2v) is 7.75. The molecule has 1 aromatic heterocycles. The number of carbonyl (C=O) groups is 1. The van der Waals surface area contributed by atoms with Gasteiger partial charge in [-0.1, -0.05) is 52.3 Å². The summed E-state index contributed by atoms with van der Waals surface area (Å²) in [6.07, 6.45) is 0. The number of nitrogens with one attached hydrogen (secondary N) is 1. The van der Waals surface area contributed by atoms with Crippen molar-refractivity contribution in [2.75, 3.05) is 5.32 Å². The highest BCUT2D eigenvalue weighted by atomic mass is 79.9. The molecule has 1 heterocycles. The van der Waals surface area contributed by atoms with Gasteiger partial charge in [-0.15, -0.1) is 11.3 Å². The summed E-state index contributed by atoms with van der Waals surface area (Å²) in [4.78, 5) is 15.6. The summed E-state index contributed by atoms with van der Waals surface area (Å²) in [5.74, 6) is -0.935. The first-order valence-corrected chi connectivity index (χ1v) is 10.2. The lowest BCUT2D eigenvalue weighted by Gasteiger charge is -2.17. The van der Waals surface area contributed by atoms with E-state index in [1.165, 1.54) is 0 Å². The van der Waals surface area contributed by atoms with Crippen molar-refractivity contribution in [3.05, 3.63) is 87.7 Å². The van der Waals surface area contributed by atoms with Crippen LogP contribution in [0, 0.1) is 0 Å². The van der Waals surface area contributed by atoms with Gasteiger partial charge in [0, 0.05) is 26.7 Å². The molecule has 3 aromatic carbocycles. The van der Waals surface area contributed by atoms with E-state index in [-0.39, 0.29) is 5.56 Å². The second kappa shape index (κ2) is 7.96. The van der Waals surface area contributed by atoms with Crippen molar-refractivity contribution in [2.24, 2.45) is 0 Å². The number of benzene rings is 3. The molecule has 0 atom stereocenters. The van der Waals surface area contributed by atoms with Gasteiger partial charge in [0.2, 0.25) is 0 Å². The molecule has 4 nitrogen and oxygen atoms in total. The molecular formula is C22H15BrN2O2S. The van der Waals surface area contributed by atoms with Crippen molar-refractivity contribution in [2.45, 2.75) is 0 Å². The highest BCUT2D eigenvalue weighted by molar-refractivity contribution is 9.10. The Hall–Kier alpha value is -2.96. The van der Waals surface area contributed by atoms with Gasteiger partial charge in [0.05, 0.1) is 22.5 Å². The fourth-order valence-corrected chi connectivity index (χ4v) is 3.94. The molecule has 0 bridgehead atoms. The van der Waals surface area contributed by atoms with Gasteiger partial charge in [-0.2, -0.15) is 0 Å². The van der Waals surface area contributed by atoms with Crippen LogP contribution in [-0.2, 0) is 0 Å². The van der Waals surface area contributed by atoms with Crippen molar-refractivity contribution in [3.8, 4) is 22.4 Å². The molecule has 0 aliphatic heterocycles. The maximum absolute atomic E-state index is 11.2. The Balaban J connectivity index is 1.85. The third-order valence-electron chi connectivity index (χ3n) is 4.31. The molecule has 0 aliphatic rings. The van der Waals surface area contributed by atoms with E-state index in [0.717, 1.165) is 38.2 Å². The Morgan fingerprint density at radius 1 is 1.00 bits per heavy atom. The summed E-state index contributed by atoms with van der Waals surface area (Å²) in [7, 11) is 0. The third-order valence-corrected chi connectivity index (χ3v) is 5.39. The van der Waals surface area contributed by atoms with Crippen molar-refractivity contribution < 1.29 is 9.90 Å². The van der Waals surface area contributed by atoms with Crippen molar-refractivity contribution in [3.63, 3.8) is 0 Å². The fraction of sp³-hybridized carbons (Fsp3) is 0. The number of anilines is 2. The topological polar surface area (TPSA) is 62.2 Å². The zero-order valence-corrected chi connectivity index (χ0v) is 17.0. The standard InChI is InChI=1S/C22H15BrN2O2S/c23-16-3-1-4-17(11-16)25-21-18(14-7-9-15(10-8-14)22(26)27)5-2-6-19(21)20-12-28-13-24-20/h1-13,25H,(H,26,27). The van der Waals surface area contributed by atoms with E-state index in [2.05, 4.69) is 26.2 Å². The molecule has 0 aliphatic carbocycles. The number of hydrogen-bond donors (Lipinski definition) is 2. The largest absolute Gasteiger partial charge is 0.478 e. The Labute approximate surface area is 174 Å². The van der Waals surface area contributed by atoms with Gasteiger partial charge in [-0.25, -0.2) is 9.78 Å². The molecule has 0 fully saturated rings. The van der Waals surface area contributed by atoms with Gasteiger partial charge in [-0.3, -0.25) is 0 Å². The fourth-order valence-electron chi connectivity index (χ4n) is 2.99. The minimum Gasteiger partial charge on any atom is -0.478 e. The first-order chi connectivity index (χ1) is 13.6. The highest BCUT2D eigenvalue weighted by Crippen LogP contribution is 2.39. The number of rotatable bonds is 5. The van der Waals surface area contributed by atoms with E-state index in [1.807, 2.05) is 65.5 Å². The van der Waals surface area contributed by atoms with Gasteiger partial charge < -0.3 is 10.4 Å². The van der Waals surface area contributed by atoms with Crippen LogP contribution in [-0.4, -0.2) is 16.1 Å². The van der Waals surface area contributed by atoms with Crippen LogP contribution in [0.5, 0.6) is 0 Å². The Morgan fingerprint density at radius 2 is 1.75 bits per heavy atom. The van der Waals surface area contributed by atoms with Gasteiger partial charge in [0.1, 0.15) is 0 Å². The predicted molar refractivity (Wildman–Crippen MR) is 117 cm³/mol. The Bertz CT molecular complexity index is 1130. The molecule has 28 heavy (non-hydrogen) atoms. The smallest absolute Gasteiger partial charge is 0.335 e. The van der Waals surface area contributed by atoms with E-state index in [4.69, 9.17) is 5.11 Å². The van der Waals surface area contributed by atoms with Gasteiger partial charge in [0.25, 0.3) is 0 Å². The number of hydrogen-bond acceptors (Lipinski definition) is 4. The molecule has 0 amide bonds. The first-order valence-electron chi connectivity index (χ1n) is 8.50. The van der Waals surface area contributed by atoms with Crippen LogP contribution in [0.2, 0.25) is 0 Å². The lowest BCUT2D eigenvalue weighted by Crippen LogP contribution is -1.98. The highest BCUT2D eigenvalue weighted by Gasteiger charge is 2.14. The summed E-state index contributed by atoms with van der Waals surface area (Å²) in [6.45, 7) is 0. The Kier molecular flexibility index (Phi) is 5.23.